The van der Waals surface area contributed by atoms with Gasteiger partial charge in [-0.3, -0.25) is 15.2 Å². The summed E-state index contributed by atoms with van der Waals surface area (Å²) in [6, 6.07) is 2.90. The number of rotatable bonds is 3. The first-order chi connectivity index (χ1) is 7.72. The van der Waals surface area contributed by atoms with Crippen LogP contribution in [-0.4, -0.2) is 27.2 Å². The smallest absolute Gasteiger partial charge is 0.330 e. The quantitative estimate of drug-likeness (QED) is 0.623. The predicted octanol–water partition coefficient (Wildman–Crippen LogP) is 1.39. The molecule has 0 atom stereocenters. The maximum absolute atomic E-state index is 10.6. The second-order valence-electron chi connectivity index (χ2n) is 2.97. The molecular weight excluding hydrogens is 212 g/mol. The molecule has 16 heavy (non-hydrogen) atoms. The lowest BCUT2D eigenvalue weighted by molar-refractivity contribution is -0.386. The van der Waals surface area contributed by atoms with E-state index in [9.17, 15) is 10.1 Å². The van der Waals surface area contributed by atoms with Crippen LogP contribution in [0.3, 0.4) is 0 Å². The summed E-state index contributed by atoms with van der Waals surface area (Å²) in [7, 11) is 1.34. The maximum atomic E-state index is 10.6. The summed E-state index contributed by atoms with van der Waals surface area (Å²) in [5, 5.41) is 17.1. The van der Waals surface area contributed by atoms with Gasteiger partial charge in [-0.15, -0.1) is 0 Å². The average Bonchev–Trinajstić information content (AvgIpc) is 2.81. The molecule has 0 radical (unpaired) electrons. The molecule has 0 spiro atoms. The first-order valence-electron chi connectivity index (χ1n) is 4.41. The van der Waals surface area contributed by atoms with Gasteiger partial charge in [0.25, 0.3) is 5.88 Å². The maximum Gasteiger partial charge on any atom is 0.330 e. The molecule has 0 unspecified atom stereocenters. The Morgan fingerprint density at radius 2 is 2.31 bits per heavy atom. The van der Waals surface area contributed by atoms with Gasteiger partial charge < -0.3 is 4.74 Å². The largest absolute Gasteiger partial charge is 0.476 e. The van der Waals surface area contributed by atoms with Gasteiger partial charge in [0, 0.05) is 17.8 Å². The summed E-state index contributed by atoms with van der Waals surface area (Å²) in [5.41, 5.74) is 1.15. The van der Waals surface area contributed by atoms with Crippen LogP contribution in [0.15, 0.2) is 24.5 Å². The molecule has 0 saturated carbocycles. The molecule has 1 N–H and O–H groups in total. The zero-order chi connectivity index (χ0) is 11.5. The van der Waals surface area contributed by atoms with Crippen molar-refractivity contribution >= 4 is 5.69 Å². The van der Waals surface area contributed by atoms with E-state index in [2.05, 4.69) is 15.2 Å². The third kappa shape index (κ3) is 1.70. The van der Waals surface area contributed by atoms with E-state index in [1.54, 1.807) is 18.5 Å². The van der Waals surface area contributed by atoms with Crippen LogP contribution < -0.4 is 4.74 Å². The summed E-state index contributed by atoms with van der Waals surface area (Å²) in [4.78, 5) is 14.1. The third-order valence-electron chi connectivity index (χ3n) is 2.02. The molecular formula is C9H8N4O3. The molecule has 7 nitrogen and oxygen atoms in total. The van der Waals surface area contributed by atoms with Crippen LogP contribution in [0.5, 0.6) is 5.88 Å². The minimum atomic E-state index is -0.537. The van der Waals surface area contributed by atoms with E-state index >= 15 is 0 Å². The van der Waals surface area contributed by atoms with Gasteiger partial charge in [0.15, 0.2) is 0 Å². The van der Waals surface area contributed by atoms with Crippen LogP contribution in [0.4, 0.5) is 5.69 Å². The van der Waals surface area contributed by atoms with Crippen molar-refractivity contribution in [2.75, 3.05) is 7.11 Å². The number of pyridine rings is 1. The highest BCUT2D eigenvalue weighted by Gasteiger charge is 2.17. The van der Waals surface area contributed by atoms with E-state index in [1.165, 1.54) is 13.2 Å². The van der Waals surface area contributed by atoms with E-state index in [4.69, 9.17) is 4.74 Å². The van der Waals surface area contributed by atoms with Crippen LogP contribution in [0.2, 0.25) is 0 Å². The number of nitrogens with zero attached hydrogens (tertiary/aromatic N) is 3. The fourth-order valence-corrected chi connectivity index (χ4v) is 1.27. The topological polar surface area (TPSA) is 93.9 Å². The summed E-state index contributed by atoms with van der Waals surface area (Å²) in [6.45, 7) is 0. The van der Waals surface area contributed by atoms with Gasteiger partial charge in [-0.1, -0.05) is 0 Å². The van der Waals surface area contributed by atoms with Crippen molar-refractivity contribution in [3.63, 3.8) is 0 Å². The van der Waals surface area contributed by atoms with Crippen molar-refractivity contribution in [3.05, 3.63) is 34.6 Å². The van der Waals surface area contributed by atoms with E-state index < -0.39 is 4.92 Å². The standard InChI is InChI=1S/C9H8N4O3/c1-16-9-8(13(14)15)3-2-7(12-9)6-4-10-11-5-6/h2-5H,1H3,(H,10,11). The molecule has 0 bridgehead atoms. The van der Waals surface area contributed by atoms with Gasteiger partial charge in [-0.25, -0.2) is 4.98 Å². The van der Waals surface area contributed by atoms with Crippen molar-refractivity contribution < 1.29 is 9.66 Å². The zero-order valence-electron chi connectivity index (χ0n) is 8.38. The average molecular weight is 220 g/mol. The Kier molecular flexibility index (Phi) is 2.50. The van der Waals surface area contributed by atoms with Crippen molar-refractivity contribution in [2.24, 2.45) is 0 Å². The summed E-state index contributed by atoms with van der Waals surface area (Å²) in [6.07, 6.45) is 3.22. The molecule has 2 aromatic rings. The molecule has 2 heterocycles. The normalized spacial score (nSPS) is 10.1. The number of aromatic amines is 1. The van der Waals surface area contributed by atoms with Gasteiger partial charge >= 0.3 is 5.69 Å². The molecule has 82 valence electrons. The lowest BCUT2D eigenvalue weighted by Crippen LogP contribution is -1.97. The van der Waals surface area contributed by atoms with Gasteiger partial charge in [-0.05, 0) is 6.07 Å². The first kappa shape index (κ1) is 10.1. The monoisotopic (exact) mass is 220 g/mol. The molecule has 0 aromatic carbocycles. The Morgan fingerprint density at radius 3 is 2.88 bits per heavy atom. The van der Waals surface area contributed by atoms with E-state index in [0.717, 1.165) is 5.56 Å². The molecule has 0 saturated heterocycles. The van der Waals surface area contributed by atoms with Crippen LogP contribution >= 0.6 is 0 Å². The van der Waals surface area contributed by atoms with E-state index in [1.807, 2.05) is 0 Å². The SMILES string of the molecule is COc1nc(-c2cn[nH]c2)ccc1[N+](=O)[O-]. The second kappa shape index (κ2) is 3.97. The van der Waals surface area contributed by atoms with Crippen molar-refractivity contribution in [2.45, 2.75) is 0 Å². The van der Waals surface area contributed by atoms with Gasteiger partial charge in [0.05, 0.1) is 23.9 Å². The summed E-state index contributed by atoms with van der Waals surface area (Å²) in [5.74, 6) is -0.0105. The van der Waals surface area contributed by atoms with Gasteiger partial charge in [0.2, 0.25) is 0 Å². The highest BCUT2D eigenvalue weighted by Crippen LogP contribution is 2.27. The molecule has 0 amide bonds. The number of nitro groups is 1. The first-order valence-corrected chi connectivity index (χ1v) is 4.41. The van der Waals surface area contributed by atoms with Crippen molar-refractivity contribution in [1.82, 2.24) is 15.2 Å². The van der Waals surface area contributed by atoms with Crippen molar-refractivity contribution in [3.8, 4) is 17.1 Å². The number of hydrogen-bond acceptors (Lipinski definition) is 5. The molecule has 0 fully saturated rings. The van der Waals surface area contributed by atoms with Crippen LogP contribution in [0.1, 0.15) is 0 Å². The van der Waals surface area contributed by atoms with Gasteiger partial charge in [-0.2, -0.15) is 5.10 Å². The lowest BCUT2D eigenvalue weighted by Gasteiger charge is -2.02. The highest BCUT2D eigenvalue weighted by atomic mass is 16.6. The number of hydrogen-bond donors (Lipinski definition) is 1. The third-order valence-corrected chi connectivity index (χ3v) is 2.02. The number of methoxy groups -OCH3 is 1. The Morgan fingerprint density at radius 1 is 1.50 bits per heavy atom. The molecule has 0 aliphatic carbocycles. The number of nitrogens with one attached hydrogen (secondary N) is 1. The molecule has 0 aliphatic heterocycles. The van der Waals surface area contributed by atoms with Crippen LogP contribution in [0.25, 0.3) is 11.3 Å². The predicted molar refractivity (Wildman–Crippen MR) is 55.0 cm³/mol. The number of aromatic nitrogens is 3. The van der Waals surface area contributed by atoms with E-state index in [-0.39, 0.29) is 11.6 Å². The molecule has 0 aliphatic rings. The Labute approximate surface area is 90.2 Å². The Bertz CT molecular complexity index is 509. The fourth-order valence-electron chi connectivity index (χ4n) is 1.27. The summed E-state index contributed by atoms with van der Waals surface area (Å²) >= 11 is 0. The molecule has 2 aromatic heterocycles. The number of H-pyrrole nitrogens is 1. The van der Waals surface area contributed by atoms with E-state index in [0.29, 0.717) is 5.69 Å². The Balaban J connectivity index is 2.49. The minimum absolute atomic E-state index is 0.0105. The highest BCUT2D eigenvalue weighted by molar-refractivity contribution is 5.60. The number of ether oxygens (including phenoxy) is 1. The van der Waals surface area contributed by atoms with Crippen LogP contribution in [-0.2, 0) is 0 Å². The Hall–Kier alpha value is -2.44. The van der Waals surface area contributed by atoms with Gasteiger partial charge in [0.1, 0.15) is 0 Å². The second-order valence-corrected chi connectivity index (χ2v) is 2.97. The fraction of sp³-hybridized carbons (Fsp3) is 0.111. The molecule has 7 heteroatoms. The zero-order valence-corrected chi connectivity index (χ0v) is 8.38. The van der Waals surface area contributed by atoms with Crippen LogP contribution in [0, 0.1) is 10.1 Å². The van der Waals surface area contributed by atoms with Crippen molar-refractivity contribution in [1.29, 1.82) is 0 Å². The molecule has 2 rings (SSSR count). The minimum Gasteiger partial charge on any atom is -0.476 e. The lowest BCUT2D eigenvalue weighted by atomic mass is 10.2. The summed E-state index contributed by atoms with van der Waals surface area (Å²) < 4.78 is 4.86.